The molecule has 0 spiro atoms. The number of anilines is 1. The largest absolute Gasteiger partial charge is 0.351 e. The smallest absolute Gasteiger partial charge is 0.319 e. The molecule has 4 heteroatoms. The average Bonchev–Trinajstić information content (AvgIpc) is 2.03. The lowest BCUT2D eigenvalue weighted by molar-refractivity contribution is 0.255. The van der Waals surface area contributed by atoms with Crippen LogP contribution in [-0.2, 0) is 0 Å². The maximum atomic E-state index is 10.9. The molecule has 0 saturated carbocycles. The Kier molecular flexibility index (Phi) is 2.83. The molecule has 2 amide bonds. The Balaban J connectivity index is 3.08. The van der Waals surface area contributed by atoms with Crippen molar-refractivity contribution in [3.05, 3.63) is 23.8 Å². The number of amides is 2. The molecule has 0 aliphatic carbocycles. The molecule has 3 nitrogen and oxygen atoms in total. The van der Waals surface area contributed by atoms with Crippen LogP contribution in [0.25, 0.3) is 0 Å². The molecule has 0 saturated heterocycles. The highest BCUT2D eigenvalue weighted by Crippen LogP contribution is 2.23. The predicted octanol–water partition coefficient (Wildman–Crippen LogP) is 1.80. The fourth-order valence-electron chi connectivity index (χ4n) is 1.04. The summed E-state index contributed by atoms with van der Waals surface area (Å²) in [6.07, 6.45) is 0. The van der Waals surface area contributed by atoms with Crippen LogP contribution < -0.4 is 10.6 Å². The summed E-state index contributed by atoms with van der Waals surface area (Å²) in [5.74, 6) is 0. The Morgan fingerprint density at radius 1 is 1.54 bits per heavy atom. The number of hydrogen-bond donors (Lipinski definition) is 2. The van der Waals surface area contributed by atoms with Gasteiger partial charge in [-0.3, -0.25) is 4.90 Å². The maximum Gasteiger partial charge on any atom is 0.319 e. The number of rotatable bonds is 1. The first-order chi connectivity index (χ1) is 6.02. The molecule has 2 N–H and O–H groups in total. The minimum atomic E-state index is -0.487. The first kappa shape index (κ1) is 9.92. The van der Waals surface area contributed by atoms with E-state index in [0.29, 0.717) is 0 Å². The van der Waals surface area contributed by atoms with Crippen LogP contribution in [0.2, 0.25) is 0 Å². The molecule has 0 unspecified atom stereocenters. The van der Waals surface area contributed by atoms with Gasteiger partial charge in [-0.05, 0) is 24.6 Å². The third-order valence-electron chi connectivity index (χ3n) is 1.82. The number of aryl methyl sites for hydroxylation is 1. The summed E-state index contributed by atoms with van der Waals surface area (Å²) in [5, 5.41) is 0. The topological polar surface area (TPSA) is 46.3 Å². The normalized spacial score (nSPS) is 9.77. The molecule has 0 aromatic heterocycles. The summed E-state index contributed by atoms with van der Waals surface area (Å²) in [7, 11) is 1.62. The highest BCUT2D eigenvalue weighted by molar-refractivity contribution is 7.80. The molecule has 0 radical (unpaired) electrons. The van der Waals surface area contributed by atoms with Crippen LogP contribution in [0.15, 0.2) is 23.1 Å². The van der Waals surface area contributed by atoms with E-state index in [0.717, 1.165) is 16.1 Å². The van der Waals surface area contributed by atoms with Crippen LogP contribution in [0.1, 0.15) is 5.56 Å². The predicted molar refractivity (Wildman–Crippen MR) is 56.4 cm³/mol. The van der Waals surface area contributed by atoms with Crippen LogP contribution in [0.4, 0.5) is 10.5 Å². The molecule has 0 atom stereocenters. The Labute approximate surface area is 82.9 Å². The molecule has 0 heterocycles. The molecular formula is C9H12N2OS. The summed E-state index contributed by atoms with van der Waals surface area (Å²) < 4.78 is 0. The molecule has 0 aliphatic rings. The van der Waals surface area contributed by atoms with Gasteiger partial charge in [-0.15, -0.1) is 12.6 Å². The van der Waals surface area contributed by atoms with E-state index in [1.54, 1.807) is 7.05 Å². The first-order valence-electron chi connectivity index (χ1n) is 3.85. The monoisotopic (exact) mass is 196 g/mol. The lowest BCUT2D eigenvalue weighted by atomic mass is 10.2. The molecular weight excluding hydrogens is 184 g/mol. The second-order valence-electron chi connectivity index (χ2n) is 2.89. The van der Waals surface area contributed by atoms with Gasteiger partial charge in [0.2, 0.25) is 0 Å². The van der Waals surface area contributed by atoms with Crippen LogP contribution in [0.5, 0.6) is 0 Å². The van der Waals surface area contributed by atoms with Crippen molar-refractivity contribution in [1.82, 2.24) is 0 Å². The van der Waals surface area contributed by atoms with Crippen molar-refractivity contribution in [2.24, 2.45) is 5.73 Å². The number of carbonyl (C=O) groups excluding carboxylic acids is 1. The Bertz CT molecular complexity index is 338. The van der Waals surface area contributed by atoms with Gasteiger partial charge >= 0.3 is 6.03 Å². The number of primary amides is 1. The highest BCUT2D eigenvalue weighted by Gasteiger charge is 2.08. The average molecular weight is 196 g/mol. The number of carbonyl (C=O) groups is 1. The molecule has 0 bridgehead atoms. The van der Waals surface area contributed by atoms with E-state index in [1.807, 2.05) is 25.1 Å². The van der Waals surface area contributed by atoms with E-state index in [4.69, 9.17) is 5.73 Å². The van der Waals surface area contributed by atoms with E-state index in [2.05, 4.69) is 12.6 Å². The van der Waals surface area contributed by atoms with Crippen molar-refractivity contribution in [3.8, 4) is 0 Å². The van der Waals surface area contributed by atoms with Gasteiger partial charge in [0.1, 0.15) is 0 Å². The van der Waals surface area contributed by atoms with E-state index < -0.39 is 6.03 Å². The highest BCUT2D eigenvalue weighted by atomic mass is 32.1. The van der Waals surface area contributed by atoms with Gasteiger partial charge in [-0.25, -0.2) is 4.79 Å². The second-order valence-corrected chi connectivity index (χ2v) is 3.37. The van der Waals surface area contributed by atoms with Crippen molar-refractivity contribution < 1.29 is 4.79 Å². The fourth-order valence-corrected chi connectivity index (χ4v) is 1.46. The Hall–Kier alpha value is -1.16. The minimum absolute atomic E-state index is 0.487. The van der Waals surface area contributed by atoms with Gasteiger partial charge in [0, 0.05) is 11.9 Å². The number of nitrogens with zero attached hydrogens (tertiary/aromatic N) is 1. The number of benzene rings is 1. The maximum absolute atomic E-state index is 10.9. The van der Waals surface area contributed by atoms with Crippen molar-refractivity contribution in [1.29, 1.82) is 0 Å². The lowest BCUT2D eigenvalue weighted by Gasteiger charge is -2.16. The van der Waals surface area contributed by atoms with E-state index in [1.165, 1.54) is 4.90 Å². The molecule has 1 aromatic rings. The number of thiol groups is 1. The Morgan fingerprint density at radius 3 is 2.62 bits per heavy atom. The summed E-state index contributed by atoms with van der Waals surface area (Å²) in [4.78, 5) is 13.0. The molecule has 70 valence electrons. The van der Waals surface area contributed by atoms with Gasteiger partial charge in [-0.1, -0.05) is 6.07 Å². The first-order valence-corrected chi connectivity index (χ1v) is 4.30. The van der Waals surface area contributed by atoms with Crippen LogP contribution in [-0.4, -0.2) is 13.1 Å². The number of urea groups is 1. The summed E-state index contributed by atoms with van der Waals surface area (Å²) in [6, 6.07) is 5.13. The van der Waals surface area contributed by atoms with E-state index in [-0.39, 0.29) is 0 Å². The number of nitrogens with two attached hydrogens (primary N) is 1. The molecule has 13 heavy (non-hydrogen) atoms. The van der Waals surface area contributed by atoms with Crippen LogP contribution in [0, 0.1) is 6.92 Å². The molecule has 1 rings (SSSR count). The molecule has 0 aliphatic heterocycles. The van der Waals surface area contributed by atoms with Crippen molar-refractivity contribution >= 4 is 24.3 Å². The van der Waals surface area contributed by atoms with E-state index >= 15 is 0 Å². The summed E-state index contributed by atoms with van der Waals surface area (Å²) in [6.45, 7) is 1.97. The van der Waals surface area contributed by atoms with Crippen molar-refractivity contribution in [2.75, 3.05) is 11.9 Å². The SMILES string of the molecule is Cc1ccc(N(C)C(N)=O)c(S)c1. The van der Waals surface area contributed by atoms with Crippen LogP contribution in [0.3, 0.4) is 0 Å². The summed E-state index contributed by atoms with van der Waals surface area (Å²) >= 11 is 4.25. The third kappa shape index (κ3) is 2.15. The van der Waals surface area contributed by atoms with Gasteiger partial charge < -0.3 is 5.73 Å². The van der Waals surface area contributed by atoms with Crippen molar-refractivity contribution in [2.45, 2.75) is 11.8 Å². The summed E-state index contributed by atoms with van der Waals surface area (Å²) in [5.41, 5.74) is 6.95. The third-order valence-corrected chi connectivity index (χ3v) is 2.18. The number of hydrogen-bond acceptors (Lipinski definition) is 2. The minimum Gasteiger partial charge on any atom is -0.351 e. The quantitative estimate of drug-likeness (QED) is 0.661. The van der Waals surface area contributed by atoms with Gasteiger partial charge in [0.25, 0.3) is 0 Å². The Morgan fingerprint density at radius 2 is 2.15 bits per heavy atom. The standard InChI is InChI=1S/C9H12N2OS/c1-6-3-4-7(8(13)5-6)11(2)9(10)12/h3-5,13H,1-2H3,(H2,10,12). The van der Waals surface area contributed by atoms with Gasteiger partial charge in [-0.2, -0.15) is 0 Å². The zero-order chi connectivity index (χ0) is 10.0. The fraction of sp³-hybridized carbons (Fsp3) is 0.222. The molecule has 1 aromatic carbocycles. The van der Waals surface area contributed by atoms with Gasteiger partial charge in [0.15, 0.2) is 0 Å². The zero-order valence-electron chi connectivity index (χ0n) is 7.61. The van der Waals surface area contributed by atoms with Gasteiger partial charge in [0.05, 0.1) is 5.69 Å². The van der Waals surface area contributed by atoms with Crippen molar-refractivity contribution in [3.63, 3.8) is 0 Å². The van der Waals surface area contributed by atoms with Crippen LogP contribution >= 0.6 is 12.6 Å². The zero-order valence-corrected chi connectivity index (χ0v) is 8.51. The molecule has 0 fully saturated rings. The second kappa shape index (κ2) is 3.70. The van der Waals surface area contributed by atoms with E-state index in [9.17, 15) is 4.79 Å². The lowest BCUT2D eigenvalue weighted by Crippen LogP contribution is -2.32.